The number of amides is 1. The van der Waals surface area contributed by atoms with Crippen LogP contribution in [0.5, 0.6) is 0 Å². The summed E-state index contributed by atoms with van der Waals surface area (Å²) in [7, 11) is 1.50. The molecule has 0 saturated heterocycles. The van der Waals surface area contributed by atoms with Crippen LogP contribution < -0.4 is 16.6 Å². The van der Waals surface area contributed by atoms with Crippen LogP contribution in [0, 0.1) is 5.82 Å². The lowest BCUT2D eigenvalue weighted by Crippen LogP contribution is -2.42. The highest BCUT2D eigenvalue weighted by Crippen LogP contribution is 2.17. The molecule has 2 aromatic carbocycles. The van der Waals surface area contributed by atoms with E-state index in [-0.39, 0.29) is 29.7 Å². The maximum absolute atomic E-state index is 14.3. The number of nitrogens with zero attached hydrogens (tertiary/aromatic N) is 2. The van der Waals surface area contributed by atoms with Crippen molar-refractivity contribution in [3.63, 3.8) is 0 Å². The van der Waals surface area contributed by atoms with Crippen LogP contribution in [0.1, 0.15) is 0 Å². The first-order chi connectivity index (χ1) is 13.4. The van der Waals surface area contributed by atoms with Gasteiger partial charge in [0.15, 0.2) is 0 Å². The van der Waals surface area contributed by atoms with Crippen LogP contribution in [0.3, 0.4) is 0 Å². The molecule has 0 bridgehead atoms. The monoisotopic (exact) mass is 405 g/mol. The molecular weight excluding hydrogens is 389 g/mol. The highest BCUT2D eigenvalue weighted by Gasteiger charge is 2.18. The Bertz CT molecular complexity index is 1160. The average molecular weight is 406 g/mol. The van der Waals surface area contributed by atoms with Crippen molar-refractivity contribution in [1.29, 1.82) is 0 Å². The number of aromatic nitrogens is 2. The van der Waals surface area contributed by atoms with E-state index in [4.69, 9.17) is 16.3 Å². The molecule has 146 valence electrons. The summed E-state index contributed by atoms with van der Waals surface area (Å²) >= 11 is 6.02. The molecule has 0 aliphatic heterocycles. The number of halogens is 2. The minimum absolute atomic E-state index is 0.136. The Hall–Kier alpha value is -2.97. The van der Waals surface area contributed by atoms with E-state index < -0.39 is 23.0 Å². The van der Waals surface area contributed by atoms with Crippen molar-refractivity contribution < 1.29 is 13.9 Å². The molecule has 1 N–H and O–H groups in total. The molecule has 7 nitrogen and oxygen atoms in total. The fourth-order valence-electron chi connectivity index (χ4n) is 2.83. The van der Waals surface area contributed by atoms with Crippen molar-refractivity contribution in [3.05, 3.63) is 74.1 Å². The predicted octanol–water partition coefficient (Wildman–Crippen LogP) is 1.71. The molecule has 0 radical (unpaired) electrons. The summed E-state index contributed by atoms with van der Waals surface area (Å²) in [5.41, 5.74) is -1.54. The van der Waals surface area contributed by atoms with E-state index in [0.717, 1.165) is 10.6 Å². The van der Waals surface area contributed by atoms with Gasteiger partial charge in [-0.15, -0.1) is 0 Å². The first kappa shape index (κ1) is 19.8. The normalized spacial score (nSPS) is 11.0. The molecule has 28 heavy (non-hydrogen) atoms. The SMILES string of the molecule is COCCNC(=O)Cn1c(=O)n(-c2ccccc2F)c(=O)c2ccc(Cl)cc21. The molecular formula is C19H17ClFN3O4. The zero-order valence-corrected chi connectivity index (χ0v) is 15.7. The van der Waals surface area contributed by atoms with Crippen LogP contribution in [0.15, 0.2) is 52.1 Å². The number of carbonyl (C=O) groups excluding carboxylic acids is 1. The Kier molecular flexibility index (Phi) is 5.91. The van der Waals surface area contributed by atoms with Crippen LogP contribution in [0.25, 0.3) is 16.6 Å². The molecule has 3 aromatic rings. The summed E-state index contributed by atoms with van der Waals surface area (Å²) in [6, 6.07) is 9.79. The second-order valence-electron chi connectivity index (χ2n) is 5.96. The highest BCUT2D eigenvalue weighted by molar-refractivity contribution is 6.31. The molecule has 0 saturated carbocycles. The maximum atomic E-state index is 14.3. The molecule has 9 heteroatoms. The number of hydrogen-bond donors (Lipinski definition) is 1. The van der Waals surface area contributed by atoms with Gasteiger partial charge in [-0.1, -0.05) is 23.7 Å². The zero-order chi connectivity index (χ0) is 20.3. The summed E-state index contributed by atoms with van der Waals surface area (Å²) in [6.45, 7) is 0.200. The lowest BCUT2D eigenvalue weighted by molar-refractivity contribution is -0.121. The Morgan fingerprint density at radius 2 is 1.96 bits per heavy atom. The van der Waals surface area contributed by atoms with Gasteiger partial charge in [0, 0.05) is 18.7 Å². The van der Waals surface area contributed by atoms with E-state index in [1.807, 2.05) is 0 Å². The first-order valence-corrected chi connectivity index (χ1v) is 8.77. The average Bonchev–Trinajstić information content (AvgIpc) is 2.67. The number of carbonyl (C=O) groups is 1. The predicted molar refractivity (Wildman–Crippen MR) is 104 cm³/mol. The van der Waals surface area contributed by atoms with Crippen molar-refractivity contribution in [3.8, 4) is 5.69 Å². The second kappa shape index (κ2) is 8.37. The van der Waals surface area contributed by atoms with Crippen molar-refractivity contribution in [2.75, 3.05) is 20.3 Å². The summed E-state index contributed by atoms with van der Waals surface area (Å²) in [5.74, 6) is -1.19. The van der Waals surface area contributed by atoms with Crippen molar-refractivity contribution >= 4 is 28.4 Å². The maximum Gasteiger partial charge on any atom is 0.336 e. The molecule has 1 aromatic heterocycles. The Morgan fingerprint density at radius 3 is 2.68 bits per heavy atom. The van der Waals surface area contributed by atoms with Crippen LogP contribution in [-0.4, -0.2) is 35.3 Å². The number of methoxy groups -OCH3 is 1. The fraction of sp³-hybridized carbons (Fsp3) is 0.211. The third kappa shape index (κ3) is 3.83. The minimum atomic E-state index is -0.841. The summed E-state index contributed by atoms with van der Waals surface area (Å²) in [5, 5.41) is 3.04. The van der Waals surface area contributed by atoms with Gasteiger partial charge in [0.25, 0.3) is 5.56 Å². The van der Waals surface area contributed by atoms with Gasteiger partial charge >= 0.3 is 5.69 Å². The largest absolute Gasteiger partial charge is 0.383 e. The van der Waals surface area contributed by atoms with Crippen LogP contribution >= 0.6 is 11.6 Å². The van der Waals surface area contributed by atoms with E-state index in [0.29, 0.717) is 16.2 Å². The zero-order valence-electron chi connectivity index (χ0n) is 14.9. The first-order valence-electron chi connectivity index (χ1n) is 8.39. The smallest absolute Gasteiger partial charge is 0.336 e. The molecule has 3 rings (SSSR count). The second-order valence-corrected chi connectivity index (χ2v) is 6.40. The number of benzene rings is 2. The van der Waals surface area contributed by atoms with Crippen LogP contribution in [-0.2, 0) is 16.1 Å². The fourth-order valence-corrected chi connectivity index (χ4v) is 3.00. The van der Waals surface area contributed by atoms with E-state index in [2.05, 4.69) is 5.32 Å². The van der Waals surface area contributed by atoms with Crippen LogP contribution in [0.2, 0.25) is 5.02 Å². The van der Waals surface area contributed by atoms with Gasteiger partial charge in [-0.3, -0.25) is 14.2 Å². The molecule has 0 aliphatic rings. The number of para-hydroxylation sites is 1. The number of hydrogen-bond acceptors (Lipinski definition) is 4. The molecule has 0 fully saturated rings. The quantitative estimate of drug-likeness (QED) is 0.633. The molecule has 0 unspecified atom stereocenters. The van der Waals surface area contributed by atoms with Gasteiger partial charge in [0.2, 0.25) is 5.91 Å². The molecule has 0 atom stereocenters. The van der Waals surface area contributed by atoms with Gasteiger partial charge in [-0.2, -0.15) is 0 Å². The topological polar surface area (TPSA) is 82.3 Å². The number of ether oxygens (including phenoxy) is 1. The standard InChI is InChI=1S/C19H17ClFN3O4/c1-28-9-8-22-17(25)11-23-16-10-12(20)6-7-13(16)18(26)24(19(23)27)15-5-3-2-4-14(15)21/h2-7,10H,8-9,11H2,1H3,(H,22,25). The molecule has 1 heterocycles. The Morgan fingerprint density at radius 1 is 1.21 bits per heavy atom. The van der Waals surface area contributed by atoms with E-state index in [1.54, 1.807) is 0 Å². The van der Waals surface area contributed by atoms with Gasteiger partial charge in [0.1, 0.15) is 12.4 Å². The lowest BCUT2D eigenvalue weighted by atomic mass is 10.2. The minimum Gasteiger partial charge on any atom is -0.383 e. The van der Waals surface area contributed by atoms with E-state index in [1.165, 1.54) is 43.5 Å². The summed E-state index contributed by atoms with van der Waals surface area (Å²) in [6.07, 6.45) is 0. The van der Waals surface area contributed by atoms with Crippen molar-refractivity contribution in [1.82, 2.24) is 14.5 Å². The third-order valence-corrected chi connectivity index (χ3v) is 4.36. The Balaban J connectivity index is 2.23. The van der Waals surface area contributed by atoms with Gasteiger partial charge in [-0.25, -0.2) is 13.8 Å². The van der Waals surface area contributed by atoms with Crippen molar-refractivity contribution in [2.45, 2.75) is 6.54 Å². The summed E-state index contributed by atoms with van der Waals surface area (Å²) < 4.78 is 21.0. The molecule has 0 spiro atoms. The number of rotatable bonds is 6. The third-order valence-electron chi connectivity index (χ3n) is 4.13. The van der Waals surface area contributed by atoms with Crippen molar-refractivity contribution in [2.24, 2.45) is 0 Å². The lowest BCUT2D eigenvalue weighted by Gasteiger charge is -2.15. The number of nitrogens with one attached hydrogen (secondary N) is 1. The number of fused-ring (bicyclic) bond motifs is 1. The van der Waals surface area contributed by atoms with Gasteiger partial charge in [-0.05, 0) is 30.3 Å². The Labute approximate surface area is 163 Å². The van der Waals surface area contributed by atoms with Crippen LogP contribution in [0.4, 0.5) is 4.39 Å². The summed E-state index contributed by atoms with van der Waals surface area (Å²) in [4.78, 5) is 38.2. The van der Waals surface area contributed by atoms with Gasteiger partial charge in [0.05, 0.1) is 23.2 Å². The van der Waals surface area contributed by atoms with Gasteiger partial charge < -0.3 is 10.1 Å². The van der Waals surface area contributed by atoms with E-state index in [9.17, 15) is 18.8 Å². The highest BCUT2D eigenvalue weighted by atomic mass is 35.5. The van der Waals surface area contributed by atoms with E-state index >= 15 is 0 Å². The molecule has 0 aliphatic carbocycles. The molecule has 1 amide bonds.